The zero-order chi connectivity index (χ0) is 11.5. The molecule has 0 amide bonds. The molecule has 2 nitrogen and oxygen atoms in total. The minimum atomic E-state index is -0.603. The molecule has 0 bridgehead atoms. The van der Waals surface area contributed by atoms with Crippen LogP contribution in [0.2, 0.25) is 0 Å². The van der Waals surface area contributed by atoms with E-state index in [1.54, 1.807) is 14.0 Å². The maximum absolute atomic E-state index is 11.5. The van der Waals surface area contributed by atoms with Crippen molar-refractivity contribution in [2.45, 2.75) is 19.3 Å². The second-order valence-corrected chi connectivity index (χ2v) is 4.02. The first-order chi connectivity index (χ1) is 7.04. The standard InChI is InChI=1S/C12H15ClO2/c1-9(14)12(2,8-13)10-4-6-11(15-3)7-5-10/h4-7H,8H2,1-3H3. The van der Waals surface area contributed by atoms with Gasteiger partial charge in [-0.3, -0.25) is 4.79 Å². The van der Waals surface area contributed by atoms with Gasteiger partial charge in [-0.2, -0.15) is 0 Å². The predicted octanol–water partition coefficient (Wildman–Crippen LogP) is 2.78. The molecule has 15 heavy (non-hydrogen) atoms. The second kappa shape index (κ2) is 4.67. The molecule has 3 heteroatoms. The fourth-order valence-electron chi connectivity index (χ4n) is 1.33. The van der Waals surface area contributed by atoms with Gasteiger partial charge in [0.2, 0.25) is 0 Å². The van der Waals surface area contributed by atoms with Gasteiger partial charge in [0.1, 0.15) is 11.5 Å². The molecule has 82 valence electrons. The summed E-state index contributed by atoms with van der Waals surface area (Å²) in [7, 11) is 1.61. The summed E-state index contributed by atoms with van der Waals surface area (Å²) in [6.45, 7) is 3.41. The topological polar surface area (TPSA) is 26.3 Å². The number of ether oxygens (including phenoxy) is 1. The molecule has 0 radical (unpaired) electrons. The number of alkyl halides is 1. The number of hydrogen-bond acceptors (Lipinski definition) is 2. The normalized spacial score (nSPS) is 14.4. The van der Waals surface area contributed by atoms with Crippen LogP contribution in [0.3, 0.4) is 0 Å². The van der Waals surface area contributed by atoms with Crippen molar-refractivity contribution >= 4 is 17.4 Å². The van der Waals surface area contributed by atoms with Gasteiger partial charge in [0, 0.05) is 5.88 Å². The van der Waals surface area contributed by atoms with E-state index < -0.39 is 5.41 Å². The quantitative estimate of drug-likeness (QED) is 0.738. The van der Waals surface area contributed by atoms with Gasteiger partial charge < -0.3 is 4.74 Å². The third-order valence-corrected chi connectivity index (χ3v) is 3.31. The van der Waals surface area contributed by atoms with Crippen LogP contribution in [0.5, 0.6) is 5.75 Å². The first-order valence-corrected chi connectivity index (χ1v) is 5.29. The summed E-state index contributed by atoms with van der Waals surface area (Å²) in [5.74, 6) is 1.14. The van der Waals surface area contributed by atoms with Crippen molar-refractivity contribution in [3.8, 4) is 5.75 Å². The Morgan fingerprint density at radius 1 is 1.40 bits per heavy atom. The van der Waals surface area contributed by atoms with Crippen molar-refractivity contribution in [1.82, 2.24) is 0 Å². The molecule has 0 aromatic heterocycles. The number of hydrogen-bond donors (Lipinski definition) is 0. The number of rotatable bonds is 4. The van der Waals surface area contributed by atoms with Crippen molar-refractivity contribution in [2.75, 3.05) is 13.0 Å². The number of benzene rings is 1. The predicted molar refractivity (Wildman–Crippen MR) is 61.7 cm³/mol. The summed E-state index contributed by atoms with van der Waals surface area (Å²) in [4.78, 5) is 11.5. The highest BCUT2D eigenvalue weighted by molar-refractivity contribution is 6.20. The highest BCUT2D eigenvalue weighted by atomic mass is 35.5. The van der Waals surface area contributed by atoms with Crippen LogP contribution in [0.15, 0.2) is 24.3 Å². The highest BCUT2D eigenvalue weighted by Crippen LogP contribution is 2.27. The second-order valence-electron chi connectivity index (χ2n) is 3.75. The van der Waals surface area contributed by atoms with Crippen molar-refractivity contribution in [1.29, 1.82) is 0 Å². The minimum Gasteiger partial charge on any atom is -0.497 e. The molecule has 1 rings (SSSR count). The largest absolute Gasteiger partial charge is 0.497 e. The van der Waals surface area contributed by atoms with Crippen molar-refractivity contribution in [3.63, 3.8) is 0 Å². The third-order valence-electron chi connectivity index (χ3n) is 2.77. The Labute approximate surface area is 95.2 Å². The molecule has 1 aromatic carbocycles. The van der Waals surface area contributed by atoms with Gasteiger partial charge in [-0.15, -0.1) is 11.6 Å². The summed E-state index contributed by atoms with van der Waals surface area (Å²) in [6.07, 6.45) is 0. The van der Waals surface area contributed by atoms with Crippen LogP contribution in [0.1, 0.15) is 19.4 Å². The third kappa shape index (κ3) is 2.32. The fourth-order valence-corrected chi connectivity index (χ4v) is 1.68. The Balaban J connectivity index is 3.08. The van der Waals surface area contributed by atoms with Gasteiger partial charge >= 0.3 is 0 Å². The van der Waals surface area contributed by atoms with E-state index in [1.165, 1.54) is 0 Å². The molecule has 0 aliphatic heterocycles. The molecule has 0 aliphatic rings. The molecule has 0 heterocycles. The van der Waals surface area contributed by atoms with E-state index in [2.05, 4.69) is 0 Å². The molecule has 1 aromatic rings. The number of carbonyl (C=O) groups excluding carboxylic acids is 1. The van der Waals surface area contributed by atoms with E-state index in [4.69, 9.17) is 16.3 Å². The molecule has 0 N–H and O–H groups in total. The summed E-state index contributed by atoms with van der Waals surface area (Å²) < 4.78 is 5.06. The van der Waals surface area contributed by atoms with E-state index in [9.17, 15) is 4.79 Å². The molecule has 0 aliphatic carbocycles. The summed E-state index contributed by atoms with van der Waals surface area (Å²) in [5, 5.41) is 0. The van der Waals surface area contributed by atoms with Crippen molar-refractivity contribution in [2.24, 2.45) is 0 Å². The van der Waals surface area contributed by atoms with Gasteiger partial charge in [0.25, 0.3) is 0 Å². The molecule has 0 saturated carbocycles. The summed E-state index contributed by atoms with van der Waals surface area (Å²) in [5.41, 5.74) is 0.319. The van der Waals surface area contributed by atoms with Gasteiger partial charge in [0.15, 0.2) is 0 Å². The zero-order valence-corrected chi connectivity index (χ0v) is 9.97. The van der Waals surface area contributed by atoms with Gasteiger partial charge in [-0.1, -0.05) is 12.1 Å². The lowest BCUT2D eigenvalue weighted by atomic mass is 9.81. The molecular formula is C12H15ClO2. The first kappa shape index (κ1) is 12.1. The van der Waals surface area contributed by atoms with Crippen LogP contribution >= 0.6 is 11.6 Å². The van der Waals surface area contributed by atoms with Gasteiger partial charge in [-0.25, -0.2) is 0 Å². The van der Waals surface area contributed by atoms with Crippen LogP contribution in [-0.2, 0) is 10.2 Å². The van der Waals surface area contributed by atoms with E-state index in [-0.39, 0.29) is 11.7 Å². The fraction of sp³-hybridized carbons (Fsp3) is 0.417. The van der Waals surface area contributed by atoms with Crippen LogP contribution in [0.25, 0.3) is 0 Å². The number of methoxy groups -OCH3 is 1. The lowest BCUT2D eigenvalue weighted by molar-refractivity contribution is -0.121. The van der Waals surface area contributed by atoms with Crippen LogP contribution < -0.4 is 4.74 Å². The average molecular weight is 227 g/mol. The van der Waals surface area contributed by atoms with Crippen LogP contribution in [-0.4, -0.2) is 18.8 Å². The Morgan fingerprint density at radius 3 is 2.27 bits per heavy atom. The molecule has 1 atom stereocenters. The van der Waals surface area contributed by atoms with E-state index in [0.717, 1.165) is 11.3 Å². The van der Waals surface area contributed by atoms with Crippen LogP contribution in [0.4, 0.5) is 0 Å². The summed E-state index contributed by atoms with van der Waals surface area (Å²) >= 11 is 5.86. The van der Waals surface area contributed by atoms with Gasteiger partial charge in [-0.05, 0) is 31.5 Å². The zero-order valence-electron chi connectivity index (χ0n) is 9.21. The number of Topliss-reactive ketones (excluding diaryl/α,β-unsaturated/α-hetero) is 1. The monoisotopic (exact) mass is 226 g/mol. The van der Waals surface area contributed by atoms with Crippen molar-refractivity contribution in [3.05, 3.63) is 29.8 Å². The number of halogens is 1. The molecule has 0 spiro atoms. The average Bonchev–Trinajstić information content (AvgIpc) is 2.28. The SMILES string of the molecule is COc1ccc(C(C)(CCl)C(C)=O)cc1. The lowest BCUT2D eigenvalue weighted by Crippen LogP contribution is -2.32. The lowest BCUT2D eigenvalue weighted by Gasteiger charge is -2.24. The Morgan fingerprint density at radius 2 is 1.93 bits per heavy atom. The van der Waals surface area contributed by atoms with Crippen molar-refractivity contribution < 1.29 is 9.53 Å². The van der Waals surface area contributed by atoms with Crippen LogP contribution in [0, 0.1) is 0 Å². The molecule has 0 saturated heterocycles. The minimum absolute atomic E-state index is 0.0719. The Bertz CT molecular complexity index is 345. The number of carbonyl (C=O) groups is 1. The van der Waals surface area contributed by atoms with E-state index >= 15 is 0 Å². The molecule has 0 fully saturated rings. The maximum Gasteiger partial charge on any atom is 0.141 e. The highest BCUT2D eigenvalue weighted by Gasteiger charge is 2.30. The molecular weight excluding hydrogens is 212 g/mol. The number of ketones is 1. The van der Waals surface area contributed by atoms with E-state index in [1.807, 2.05) is 31.2 Å². The smallest absolute Gasteiger partial charge is 0.141 e. The Kier molecular flexibility index (Phi) is 3.75. The van der Waals surface area contributed by atoms with E-state index in [0.29, 0.717) is 0 Å². The molecule has 1 unspecified atom stereocenters. The summed E-state index contributed by atoms with van der Waals surface area (Å²) in [6, 6.07) is 7.43. The first-order valence-electron chi connectivity index (χ1n) is 4.76. The van der Waals surface area contributed by atoms with Gasteiger partial charge in [0.05, 0.1) is 12.5 Å². The maximum atomic E-state index is 11.5. The Hall–Kier alpha value is -1.02.